The molecule has 0 aliphatic heterocycles. The normalized spacial score (nSPS) is 11.0. The maximum Gasteiger partial charge on any atom is -0.0250 e. The summed E-state index contributed by atoms with van der Waals surface area (Å²) >= 11 is 0. The molecule has 0 bridgehead atoms. The molecule has 0 aliphatic rings. The maximum absolute atomic E-state index is 2.26. The van der Waals surface area contributed by atoms with Crippen LogP contribution >= 0.6 is 0 Å². The van der Waals surface area contributed by atoms with Crippen LogP contribution in [0.2, 0.25) is 0 Å². The second kappa shape index (κ2) is 6.42. The van der Waals surface area contributed by atoms with Gasteiger partial charge in [0, 0.05) is 0 Å². The summed E-state index contributed by atoms with van der Waals surface area (Å²) in [7, 11) is 0. The summed E-state index contributed by atoms with van der Waals surface area (Å²) in [6, 6.07) is 8.72. The smallest absolute Gasteiger partial charge is 0.0250 e. The van der Waals surface area contributed by atoms with Crippen LogP contribution in [-0.4, -0.2) is 0 Å². The van der Waals surface area contributed by atoms with Gasteiger partial charge in [0.2, 0.25) is 0 Å². The average Bonchev–Trinajstić information content (AvgIpc) is 2.19. The Kier molecular flexibility index (Phi) is 5.06. The zero-order chi connectivity index (χ0) is 10.2. The molecule has 75 valence electrons. The fourth-order valence-corrected chi connectivity index (χ4v) is 1.45. The van der Waals surface area contributed by atoms with E-state index in [0.29, 0.717) is 0 Å². The molecule has 1 rings (SSSR count). The Labute approximate surface area is 87.7 Å². The standard InChI is InChI=1S/C14H19/c1-3-5-6-9-14-11-7-10-13(12-14)8-4-2/h4,6-7,9-12H,3,5,8H2,1-2H3. The van der Waals surface area contributed by atoms with E-state index in [9.17, 15) is 0 Å². The van der Waals surface area contributed by atoms with E-state index in [1.807, 2.05) is 0 Å². The van der Waals surface area contributed by atoms with Gasteiger partial charge >= 0.3 is 0 Å². The van der Waals surface area contributed by atoms with Crippen LogP contribution in [-0.2, 0) is 6.42 Å². The highest BCUT2D eigenvalue weighted by molar-refractivity contribution is 5.50. The van der Waals surface area contributed by atoms with Crippen LogP contribution in [0.1, 0.15) is 37.8 Å². The third-order valence-corrected chi connectivity index (χ3v) is 2.16. The fraction of sp³-hybridized carbons (Fsp3) is 0.357. The quantitative estimate of drug-likeness (QED) is 0.646. The molecule has 14 heavy (non-hydrogen) atoms. The number of rotatable bonds is 5. The van der Waals surface area contributed by atoms with Crippen molar-refractivity contribution in [1.29, 1.82) is 0 Å². The van der Waals surface area contributed by atoms with E-state index < -0.39 is 0 Å². The Bertz CT molecular complexity index is 284. The minimum Gasteiger partial charge on any atom is -0.0840 e. The SMILES string of the molecule is C[CH]Cc1cccc(C=CCCC)c1. The Morgan fingerprint density at radius 3 is 2.86 bits per heavy atom. The van der Waals surface area contributed by atoms with Gasteiger partial charge in [-0.1, -0.05) is 56.7 Å². The number of hydrogen-bond donors (Lipinski definition) is 0. The summed E-state index contributed by atoms with van der Waals surface area (Å²) in [4.78, 5) is 0. The first kappa shape index (κ1) is 11.0. The van der Waals surface area contributed by atoms with Crippen molar-refractivity contribution in [2.75, 3.05) is 0 Å². The van der Waals surface area contributed by atoms with Crippen molar-refractivity contribution in [3.05, 3.63) is 47.9 Å². The van der Waals surface area contributed by atoms with Crippen LogP contribution in [0.5, 0.6) is 0 Å². The van der Waals surface area contributed by atoms with Crippen LogP contribution in [0.25, 0.3) is 6.08 Å². The first-order valence-electron chi connectivity index (χ1n) is 5.40. The molecule has 1 radical (unpaired) electrons. The van der Waals surface area contributed by atoms with Crippen molar-refractivity contribution in [3.8, 4) is 0 Å². The predicted molar refractivity (Wildman–Crippen MR) is 64.1 cm³/mol. The highest BCUT2D eigenvalue weighted by Crippen LogP contribution is 2.09. The Balaban J connectivity index is 2.63. The van der Waals surface area contributed by atoms with E-state index >= 15 is 0 Å². The number of benzene rings is 1. The van der Waals surface area contributed by atoms with Gasteiger partial charge in [0.05, 0.1) is 0 Å². The van der Waals surface area contributed by atoms with Gasteiger partial charge in [-0.2, -0.15) is 0 Å². The molecule has 0 spiro atoms. The summed E-state index contributed by atoms with van der Waals surface area (Å²) < 4.78 is 0. The van der Waals surface area contributed by atoms with E-state index in [4.69, 9.17) is 0 Å². The molecule has 0 aliphatic carbocycles. The highest BCUT2D eigenvalue weighted by Gasteiger charge is 1.91. The molecule has 0 saturated carbocycles. The van der Waals surface area contributed by atoms with E-state index in [0.717, 1.165) is 6.42 Å². The molecule has 1 aromatic carbocycles. The van der Waals surface area contributed by atoms with E-state index in [1.54, 1.807) is 0 Å². The van der Waals surface area contributed by atoms with Gasteiger partial charge in [0.1, 0.15) is 0 Å². The molecule has 0 heterocycles. The van der Waals surface area contributed by atoms with Gasteiger partial charge in [-0.15, -0.1) is 0 Å². The van der Waals surface area contributed by atoms with Crippen LogP contribution in [0.4, 0.5) is 0 Å². The Hall–Kier alpha value is -1.04. The molecule has 0 heteroatoms. The van der Waals surface area contributed by atoms with Crippen molar-refractivity contribution in [2.24, 2.45) is 0 Å². The maximum atomic E-state index is 2.26. The molecule has 1 aromatic rings. The number of hydrogen-bond acceptors (Lipinski definition) is 0. The largest absolute Gasteiger partial charge is 0.0840 e. The molecule has 0 aromatic heterocycles. The number of allylic oxidation sites excluding steroid dienone is 1. The molecule has 0 atom stereocenters. The lowest BCUT2D eigenvalue weighted by Crippen LogP contribution is -1.83. The average molecular weight is 187 g/mol. The van der Waals surface area contributed by atoms with Crippen LogP contribution < -0.4 is 0 Å². The van der Waals surface area contributed by atoms with Crippen molar-refractivity contribution < 1.29 is 0 Å². The highest BCUT2D eigenvalue weighted by atomic mass is 14.0. The first-order valence-corrected chi connectivity index (χ1v) is 5.40. The van der Waals surface area contributed by atoms with Crippen molar-refractivity contribution >= 4 is 6.08 Å². The van der Waals surface area contributed by atoms with Crippen molar-refractivity contribution in [3.63, 3.8) is 0 Å². The molecule has 0 fully saturated rings. The topological polar surface area (TPSA) is 0 Å². The summed E-state index contributed by atoms with van der Waals surface area (Å²) in [5, 5.41) is 0. The third kappa shape index (κ3) is 3.78. The fourth-order valence-electron chi connectivity index (χ4n) is 1.45. The summed E-state index contributed by atoms with van der Waals surface area (Å²) in [5.74, 6) is 0. The van der Waals surface area contributed by atoms with E-state index in [2.05, 4.69) is 56.7 Å². The predicted octanol–water partition coefficient (Wildman–Crippen LogP) is 4.27. The van der Waals surface area contributed by atoms with Crippen molar-refractivity contribution in [2.45, 2.75) is 33.1 Å². The van der Waals surface area contributed by atoms with Crippen LogP contribution in [0.3, 0.4) is 0 Å². The molecule has 0 unspecified atom stereocenters. The second-order valence-corrected chi connectivity index (χ2v) is 3.55. The Morgan fingerprint density at radius 2 is 2.14 bits per heavy atom. The van der Waals surface area contributed by atoms with Crippen LogP contribution in [0.15, 0.2) is 30.3 Å². The zero-order valence-corrected chi connectivity index (χ0v) is 9.16. The molecule has 0 saturated heterocycles. The summed E-state index contributed by atoms with van der Waals surface area (Å²) in [5.41, 5.74) is 2.71. The molecular formula is C14H19. The molecule has 0 nitrogen and oxygen atoms in total. The lowest BCUT2D eigenvalue weighted by Gasteiger charge is -1.99. The van der Waals surface area contributed by atoms with Crippen molar-refractivity contribution in [1.82, 2.24) is 0 Å². The van der Waals surface area contributed by atoms with E-state index in [1.165, 1.54) is 24.0 Å². The minimum atomic E-state index is 1.06. The lowest BCUT2D eigenvalue weighted by atomic mass is 10.1. The van der Waals surface area contributed by atoms with Gasteiger partial charge in [0.25, 0.3) is 0 Å². The van der Waals surface area contributed by atoms with E-state index in [-0.39, 0.29) is 0 Å². The van der Waals surface area contributed by atoms with Crippen LogP contribution in [0, 0.1) is 6.42 Å². The second-order valence-electron chi connectivity index (χ2n) is 3.55. The molecule has 0 N–H and O–H groups in total. The van der Waals surface area contributed by atoms with Gasteiger partial charge in [0.15, 0.2) is 0 Å². The monoisotopic (exact) mass is 187 g/mol. The lowest BCUT2D eigenvalue weighted by molar-refractivity contribution is 0.962. The summed E-state index contributed by atoms with van der Waals surface area (Å²) in [6.07, 6.45) is 10.1. The zero-order valence-electron chi connectivity index (χ0n) is 9.16. The Morgan fingerprint density at radius 1 is 1.29 bits per heavy atom. The molecule has 0 amide bonds. The van der Waals surface area contributed by atoms with Gasteiger partial charge < -0.3 is 0 Å². The van der Waals surface area contributed by atoms with Gasteiger partial charge in [-0.05, 0) is 30.4 Å². The first-order chi connectivity index (χ1) is 6.86. The van der Waals surface area contributed by atoms with Gasteiger partial charge in [-0.25, -0.2) is 0 Å². The molecular weight excluding hydrogens is 168 g/mol. The number of unbranched alkanes of at least 4 members (excludes halogenated alkanes) is 1. The summed E-state index contributed by atoms with van der Waals surface area (Å²) in [6.45, 7) is 4.30. The minimum absolute atomic E-state index is 1.06. The third-order valence-electron chi connectivity index (χ3n) is 2.16. The van der Waals surface area contributed by atoms with Gasteiger partial charge in [-0.3, -0.25) is 0 Å².